The van der Waals surface area contributed by atoms with E-state index in [2.05, 4.69) is 5.32 Å². The molecule has 7 heteroatoms. The monoisotopic (exact) mass is 430 g/mol. The Bertz CT molecular complexity index is 847. The lowest BCUT2D eigenvalue weighted by Gasteiger charge is -2.33. The molecular formula is C23H27ClN2O4. The van der Waals surface area contributed by atoms with E-state index >= 15 is 0 Å². The van der Waals surface area contributed by atoms with E-state index < -0.39 is 6.10 Å². The summed E-state index contributed by atoms with van der Waals surface area (Å²) in [4.78, 5) is 27.0. The fraction of sp³-hybridized carbons (Fsp3) is 0.391. The van der Waals surface area contributed by atoms with E-state index in [0.29, 0.717) is 48.9 Å². The van der Waals surface area contributed by atoms with Gasteiger partial charge in [0.2, 0.25) is 0 Å². The maximum absolute atomic E-state index is 12.7. The molecule has 1 aliphatic heterocycles. The number of halogens is 1. The fourth-order valence-corrected chi connectivity index (χ4v) is 3.49. The number of hydrogen-bond donors (Lipinski definition) is 1. The summed E-state index contributed by atoms with van der Waals surface area (Å²) in [7, 11) is 0. The van der Waals surface area contributed by atoms with Crippen molar-refractivity contribution in [2.75, 3.05) is 19.7 Å². The summed E-state index contributed by atoms with van der Waals surface area (Å²) in [5, 5.41) is 3.64. The zero-order valence-corrected chi connectivity index (χ0v) is 18.0. The first-order chi connectivity index (χ1) is 14.5. The molecular weight excluding hydrogens is 404 g/mol. The maximum Gasteiger partial charge on any atom is 0.260 e. The molecule has 0 saturated carbocycles. The fourth-order valence-electron chi connectivity index (χ4n) is 3.36. The molecule has 2 aromatic carbocycles. The van der Waals surface area contributed by atoms with Crippen LogP contribution in [0.2, 0.25) is 5.02 Å². The van der Waals surface area contributed by atoms with Gasteiger partial charge in [0, 0.05) is 29.7 Å². The molecule has 0 spiro atoms. The highest BCUT2D eigenvalue weighted by Gasteiger charge is 2.26. The molecule has 1 saturated heterocycles. The third-order valence-electron chi connectivity index (χ3n) is 5.04. The predicted octanol–water partition coefficient (Wildman–Crippen LogP) is 3.93. The minimum Gasteiger partial charge on any atom is -0.494 e. The number of nitrogens with one attached hydrogen (secondary N) is 1. The van der Waals surface area contributed by atoms with E-state index in [4.69, 9.17) is 21.1 Å². The van der Waals surface area contributed by atoms with Gasteiger partial charge in [0.05, 0.1) is 6.61 Å². The van der Waals surface area contributed by atoms with E-state index in [-0.39, 0.29) is 17.9 Å². The molecule has 1 unspecified atom stereocenters. The standard InChI is InChI=1S/C23H27ClN2O4/c1-3-29-20-8-4-17(5-9-20)23(28)26-14-12-19(13-15-26)25-22(27)16(2)30-21-10-6-18(24)7-11-21/h4-11,16,19H,3,12-15H2,1-2H3,(H,25,27). The molecule has 0 bridgehead atoms. The van der Waals surface area contributed by atoms with Crippen LogP contribution in [0.5, 0.6) is 11.5 Å². The molecule has 0 aromatic heterocycles. The third kappa shape index (κ3) is 5.89. The number of ether oxygens (including phenoxy) is 2. The van der Waals surface area contributed by atoms with Crippen LogP contribution in [0.25, 0.3) is 0 Å². The molecule has 2 aromatic rings. The lowest BCUT2D eigenvalue weighted by molar-refractivity contribution is -0.128. The van der Waals surface area contributed by atoms with Gasteiger partial charge in [0.25, 0.3) is 11.8 Å². The van der Waals surface area contributed by atoms with Crippen LogP contribution in [-0.2, 0) is 4.79 Å². The van der Waals surface area contributed by atoms with E-state index in [9.17, 15) is 9.59 Å². The van der Waals surface area contributed by atoms with Crippen LogP contribution < -0.4 is 14.8 Å². The van der Waals surface area contributed by atoms with Crippen molar-refractivity contribution in [3.8, 4) is 11.5 Å². The van der Waals surface area contributed by atoms with Gasteiger partial charge in [-0.3, -0.25) is 9.59 Å². The molecule has 6 nitrogen and oxygen atoms in total. The quantitative estimate of drug-likeness (QED) is 0.722. The van der Waals surface area contributed by atoms with Gasteiger partial charge < -0.3 is 19.7 Å². The molecule has 160 valence electrons. The summed E-state index contributed by atoms with van der Waals surface area (Å²) in [5.41, 5.74) is 0.644. The Labute approximate surface area is 182 Å². The highest BCUT2D eigenvalue weighted by molar-refractivity contribution is 6.30. The second-order valence-corrected chi connectivity index (χ2v) is 7.68. The highest BCUT2D eigenvalue weighted by Crippen LogP contribution is 2.19. The molecule has 1 N–H and O–H groups in total. The van der Waals surface area contributed by atoms with Crippen molar-refractivity contribution in [2.45, 2.75) is 38.8 Å². The number of hydrogen-bond acceptors (Lipinski definition) is 4. The van der Waals surface area contributed by atoms with Crippen LogP contribution >= 0.6 is 11.6 Å². The summed E-state index contributed by atoms with van der Waals surface area (Å²) in [6, 6.07) is 14.1. The van der Waals surface area contributed by atoms with Gasteiger partial charge in [-0.25, -0.2) is 0 Å². The second kappa shape index (κ2) is 10.3. The first-order valence-electron chi connectivity index (χ1n) is 10.2. The van der Waals surface area contributed by atoms with Gasteiger partial charge in [-0.15, -0.1) is 0 Å². The Morgan fingerprint density at radius 1 is 1.07 bits per heavy atom. The summed E-state index contributed by atoms with van der Waals surface area (Å²) in [6.45, 7) is 5.43. The van der Waals surface area contributed by atoms with E-state index in [1.165, 1.54) is 0 Å². The van der Waals surface area contributed by atoms with E-state index in [1.807, 2.05) is 24.0 Å². The maximum atomic E-state index is 12.7. The van der Waals surface area contributed by atoms with Gasteiger partial charge >= 0.3 is 0 Å². The molecule has 0 radical (unpaired) electrons. The first-order valence-corrected chi connectivity index (χ1v) is 10.6. The number of benzene rings is 2. The minimum atomic E-state index is -0.616. The molecule has 30 heavy (non-hydrogen) atoms. The van der Waals surface area contributed by atoms with Crippen molar-refractivity contribution in [1.29, 1.82) is 0 Å². The van der Waals surface area contributed by atoms with Crippen molar-refractivity contribution < 1.29 is 19.1 Å². The van der Waals surface area contributed by atoms with Crippen molar-refractivity contribution in [3.05, 3.63) is 59.1 Å². The van der Waals surface area contributed by atoms with Crippen LogP contribution in [0.3, 0.4) is 0 Å². The number of carbonyl (C=O) groups excluding carboxylic acids is 2. The average molecular weight is 431 g/mol. The summed E-state index contributed by atoms with van der Waals surface area (Å²) >= 11 is 5.86. The van der Waals surface area contributed by atoms with Crippen molar-refractivity contribution >= 4 is 23.4 Å². The Hall–Kier alpha value is -2.73. The number of likely N-dealkylation sites (tertiary alicyclic amines) is 1. The Kier molecular flexibility index (Phi) is 7.57. The second-order valence-electron chi connectivity index (χ2n) is 7.25. The van der Waals surface area contributed by atoms with Crippen LogP contribution in [0, 0.1) is 0 Å². The Balaban J connectivity index is 1.45. The highest BCUT2D eigenvalue weighted by atomic mass is 35.5. The molecule has 2 amide bonds. The topological polar surface area (TPSA) is 67.9 Å². The van der Waals surface area contributed by atoms with Gasteiger partial charge in [-0.1, -0.05) is 11.6 Å². The number of nitrogens with zero attached hydrogens (tertiary/aromatic N) is 1. The molecule has 1 heterocycles. The molecule has 1 aliphatic rings. The number of carbonyl (C=O) groups is 2. The van der Waals surface area contributed by atoms with E-state index in [0.717, 1.165) is 5.75 Å². The van der Waals surface area contributed by atoms with Crippen LogP contribution in [0.1, 0.15) is 37.0 Å². The lowest BCUT2D eigenvalue weighted by Crippen LogP contribution is -2.49. The molecule has 3 rings (SSSR count). The Morgan fingerprint density at radius 3 is 2.27 bits per heavy atom. The zero-order chi connectivity index (χ0) is 21.5. The van der Waals surface area contributed by atoms with Crippen molar-refractivity contribution in [1.82, 2.24) is 10.2 Å². The minimum absolute atomic E-state index is 0.00210. The number of piperidine rings is 1. The lowest BCUT2D eigenvalue weighted by atomic mass is 10.0. The number of rotatable bonds is 7. The van der Waals surface area contributed by atoms with Crippen LogP contribution in [0.4, 0.5) is 0 Å². The third-order valence-corrected chi connectivity index (χ3v) is 5.29. The van der Waals surface area contributed by atoms with Crippen LogP contribution in [0.15, 0.2) is 48.5 Å². The average Bonchev–Trinajstić information content (AvgIpc) is 2.76. The zero-order valence-electron chi connectivity index (χ0n) is 17.3. The van der Waals surface area contributed by atoms with Crippen LogP contribution in [-0.4, -0.2) is 48.6 Å². The van der Waals surface area contributed by atoms with Gasteiger partial charge in [0.1, 0.15) is 11.5 Å². The predicted molar refractivity (Wildman–Crippen MR) is 116 cm³/mol. The van der Waals surface area contributed by atoms with Gasteiger partial charge in [0.15, 0.2) is 6.10 Å². The van der Waals surface area contributed by atoms with Crippen molar-refractivity contribution in [3.63, 3.8) is 0 Å². The summed E-state index contributed by atoms with van der Waals surface area (Å²) < 4.78 is 11.1. The number of amides is 2. The molecule has 1 atom stereocenters. The largest absolute Gasteiger partial charge is 0.494 e. The summed E-state index contributed by atoms with van der Waals surface area (Å²) in [5.74, 6) is 1.19. The molecule has 0 aliphatic carbocycles. The van der Waals surface area contributed by atoms with E-state index in [1.54, 1.807) is 43.3 Å². The SMILES string of the molecule is CCOc1ccc(C(=O)N2CCC(NC(=O)C(C)Oc3ccc(Cl)cc3)CC2)cc1. The van der Waals surface area contributed by atoms with Crippen molar-refractivity contribution in [2.24, 2.45) is 0 Å². The molecule has 1 fully saturated rings. The smallest absolute Gasteiger partial charge is 0.260 e. The van der Waals surface area contributed by atoms with Gasteiger partial charge in [-0.2, -0.15) is 0 Å². The Morgan fingerprint density at radius 2 is 1.67 bits per heavy atom. The van der Waals surface area contributed by atoms with Gasteiger partial charge in [-0.05, 0) is 75.2 Å². The first kappa shape index (κ1) is 22.0. The summed E-state index contributed by atoms with van der Waals surface area (Å²) in [6.07, 6.45) is 0.805. The normalized spacial score (nSPS) is 15.4.